The minimum Gasteiger partial charge on any atom is -0.493 e. The van der Waals surface area contributed by atoms with Gasteiger partial charge in [0.15, 0.2) is 11.5 Å². The standard InChI is InChI=1S/C26H33NO2/c1-28-25-16-19(7-8-24(25)29-10-9-18-5-3-2-4-6-18)17-27-26-22-12-20-11-21(14-22)15-23(26)13-20/h2-8,16,20-23,26-27H,9-15,17H2,1H3/p+1. The van der Waals surface area contributed by atoms with E-state index in [4.69, 9.17) is 9.47 Å². The minimum absolute atomic E-state index is 0.666. The fourth-order valence-corrected chi connectivity index (χ4v) is 6.51. The van der Waals surface area contributed by atoms with E-state index in [-0.39, 0.29) is 0 Å². The second-order valence-electron chi connectivity index (χ2n) is 9.52. The summed E-state index contributed by atoms with van der Waals surface area (Å²) >= 11 is 0. The average molecular weight is 393 g/mol. The van der Waals surface area contributed by atoms with Crippen molar-refractivity contribution in [3.05, 3.63) is 59.7 Å². The molecule has 2 aromatic carbocycles. The summed E-state index contributed by atoms with van der Waals surface area (Å²) in [5.74, 6) is 5.74. The largest absolute Gasteiger partial charge is 0.493 e. The Morgan fingerprint density at radius 2 is 1.55 bits per heavy atom. The summed E-state index contributed by atoms with van der Waals surface area (Å²) in [6, 6.07) is 17.8. The van der Waals surface area contributed by atoms with E-state index in [2.05, 4.69) is 47.8 Å². The number of hydrogen-bond acceptors (Lipinski definition) is 2. The van der Waals surface area contributed by atoms with E-state index in [1.807, 2.05) is 6.07 Å². The van der Waals surface area contributed by atoms with Gasteiger partial charge in [0.25, 0.3) is 0 Å². The Bertz CT molecular complexity index is 791. The summed E-state index contributed by atoms with van der Waals surface area (Å²) < 4.78 is 11.7. The lowest BCUT2D eigenvalue weighted by molar-refractivity contribution is -0.723. The predicted molar refractivity (Wildman–Crippen MR) is 115 cm³/mol. The number of nitrogens with two attached hydrogens (primary N) is 1. The third-order valence-corrected chi connectivity index (χ3v) is 7.64. The smallest absolute Gasteiger partial charge is 0.161 e. The molecule has 6 rings (SSSR count). The van der Waals surface area contributed by atoms with Gasteiger partial charge in [-0.25, -0.2) is 0 Å². The molecule has 0 heterocycles. The van der Waals surface area contributed by atoms with Crippen molar-refractivity contribution in [2.45, 2.75) is 51.1 Å². The van der Waals surface area contributed by atoms with Gasteiger partial charge >= 0.3 is 0 Å². The quantitative estimate of drug-likeness (QED) is 0.731. The summed E-state index contributed by atoms with van der Waals surface area (Å²) in [5.41, 5.74) is 2.64. The third-order valence-electron chi connectivity index (χ3n) is 7.64. The summed E-state index contributed by atoms with van der Waals surface area (Å²) in [7, 11) is 1.74. The first-order valence-electron chi connectivity index (χ1n) is 11.5. The van der Waals surface area contributed by atoms with Gasteiger partial charge in [-0.15, -0.1) is 0 Å². The molecule has 4 fully saturated rings. The second-order valence-corrected chi connectivity index (χ2v) is 9.52. The zero-order chi connectivity index (χ0) is 19.6. The van der Waals surface area contributed by atoms with Crippen LogP contribution in [0.3, 0.4) is 0 Å². The number of hydrogen-bond donors (Lipinski definition) is 1. The Morgan fingerprint density at radius 1 is 0.828 bits per heavy atom. The van der Waals surface area contributed by atoms with Crippen LogP contribution in [0.2, 0.25) is 0 Å². The zero-order valence-corrected chi connectivity index (χ0v) is 17.6. The maximum absolute atomic E-state index is 6.02. The first kappa shape index (κ1) is 19.0. The molecule has 0 aliphatic heterocycles. The first-order chi connectivity index (χ1) is 14.3. The van der Waals surface area contributed by atoms with Crippen molar-refractivity contribution in [3.8, 4) is 11.5 Å². The Morgan fingerprint density at radius 3 is 2.24 bits per heavy atom. The number of benzene rings is 2. The van der Waals surface area contributed by atoms with Gasteiger partial charge in [-0.1, -0.05) is 30.3 Å². The van der Waals surface area contributed by atoms with Crippen molar-refractivity contribution in [2.24, 2.45) is 23.7 Å². The van der Waals surface area contributed by atoms with Gasteiger partial charge in [-0.3, -0.25) is 0 Å². The molecule has 0 radical (unpaired) electrons. The highest BCUT2D eigenvalue weighted by Crippen LogP contribution is 2.52. The van der Waals surface area contributed by atoms with Gasteiger partial charge in [0, 0.05) is 23.8 Å². The summed E-state index contributed by atoms with van der Waals surface area (Å²) in [6.07, 6.45) is 8.41. The van der Waals surface area contributed by atoms with Crippen LogP contribution in [0.25, 0.3) is 0 Å². The molecule has 0 spiro atoms. The summed E-state index contributed by atoms with van der Waals surface area (Å²) in [4.78, 5) is 0. The normalized spacial score (nSPS) is 29.8. The van der Waals surface area contributed by atoms with Crippen LogP contribution in [-0.2, 0) is 13.0 Å². The molecule has 0 unspecified atom stereocenters. The monoisotopic (exact) mass is 392 g/mol. The zero-order valence-electron chi connectivity index (χ0n) is 17.6. The molecule has 154 valence electrons. The van der Waals surface area contributed by atoms with Crippen molar-refractivity contribution < 1.29 is 14.8 Å². The van der Waals surface area contributed by atoms with E-state index in [0.29, 0.717) is 6.61 Å². The van der Waals surface area contributed by atoms with Gasteiger partial charge in [-0.05, 0) is 67.7 Å². The van der Waals surface area contributed by atoms with Crippen molar-refractivity contribution in [2.75, 3.05) is 13.7 Å². The van der Waals surface area contributed by atoms with Crippen molar-refractivity contribution in [1.29, 1.82) is 0 Å². The predicted octanol–water partition coefficient (Wildman–Crippen LogP) is 4.20. The minimum atomic E-state index is 0.666. The van der Waals surface area contributed by atoms with E-state index in [1.165, 1.54) is 43.2 Å². The molecule has 4 aliphatic rings. The summed E-state index contributed by atoms with van der Waals surface area (Å²) in [6.45, 7) is 1.72. The van der Waals surface area contributed by atoms with Crippen LogP contribution in [0, 0.1) is 23.7 Å². The highest BCUT2D eigenvalue weighted by molar-refractivity contribution is 5.42. The fourth-order valence-electron chi connectivity index (χ4n) is 6.51. The highest BCUT2D eigenvalue weighted by atomic mass is 16.5. The highest BCUT2D eigenvalue weighted by Gasteiger charge is 2.50. The number of methoxy groups -OCH3 is 1. The number of ether oxygens (including phenoxy) is 2. The lowest BCUT2D eigenvalue weighted by Crippen LogP contribution is -2.93. The SMILES string of the molecule is COc1cc(C[NH2+]C2C3CC4CC(C3)CC2C4)ccc1OCCc1ccccc1. The molecule has 4 bridgehead atoms. The van der Waals surface area contributed by atoms with Crippen LogP contribution >= 0.6 is 0 Å². The maximum Gasteiger partial charge on any atom is 0.161 e. The molecule has 3 nitrogen and oxygen atoms in total. The van der Waals surface area contributed by atoms with E-state index < -0.39 is 0 Å². The molecule has 0 aromatic heterocycles. The van der Waals surface area contributed by atoms with Gasteiger partial charge < -0.3 is 14.8 Å². The van der Waals surface area contributed by atoms with Crippen molar-refractivity contribution >= 4 is 0 Å². The molecule has 0 amide bonds. The van der Waals surface area contributed by atoms with Crippen LogP contribution in [0.5, 0.6) is 11.5 Å². The Balaban J connectivity index is 1.17. The molecule has 0 saturated heterocycles. The molecule has 2 aromatic rings. The first-order valence-corrected chi connectivity index (χ1v) is 11.5. The second kappa shape index (κ2) is 8.39. The van der Waals surface area contributed by atoms with Crippen LogP contribution < -0.4 is 14.8 Å². The lowest BCUT2D eigenvalue weighted by Gasteiger charge is -2.52. The Kier molecular flexibility index (Phi) is 5.50. The molecule has 29 heavy (non-hydrogen) atoms. The van der Waals surface area contributed by atoms with Crippen LogP contribution in [0.15, 0.2) is 48.5 Å². The molecule has 2 N–H and O–H groups in total. The topological polar surface area (TPSA) is 35.1 Å². The molecule has 3 heteroatoms. The number of rotatable bonds is 8. The molecular weight excluding hydrogens is 358 g/mol. The van der Waals surface area contributed by atoms with Gasteiger partial charge in [0.05, 0.1) is 19.8 Å². The van der Waals surface area contributed by atoms with E-state index in [0.717, 1.165) is 54.2 Å². The Labute approximate surface area is 174 Å². The van der Waals surface area contributed by atoms with Crippen molar-refractivity contribution in [3.63, 3.8) is 0 Å². The fraction of sp³-hybridized carbons (Fsp3) is 0.538. The van der Waals surface area contributed by atoms with Crippen molar-refractivity contribution in [1.82, 2.24) is 0 Å². The Hall–Kier alpha value is -2.00. The number of quaternary nitrogens is 1. The van der Waals surface area contributed by atoms with Crippen LogP contribution in [0.4, 0.5) is 0 Å². The molecule has 0 atom stereocenters. The van der Waals surface area contributed by atoms with E-state index >= 15 is 0 Å². The average Bonchev–Trinajstić information content (AvgIpc) is 2.74. The van der Waals surface area contributed by atoms with Gasteiger partial charge in [0.2, 0.25) is 0 Å². The van der Waals surface area contributed by atoms with Crippen LogP contribution in [0.1, 0.15) is 43.2 Å². The van der Waals surface area contributed by atoms with E-state index in [9.17, 15) is 0 Å². The summed E-state index contributed by atoms with van der Waals surface area (Å²) in [5, 5.41) is 2.64. The van der Waals surface area contributed by atoms with Gasteiger partial charge in [0.1, 0.15) is 6.54 Å². The molecule has 4 aliphatic carbocycles. The third kappa shape index (κ3) is 4.16. The lowest BCUT2D eigenvalue weighted by atomic mass is 9.54. The molecular formula is C26H34NO2+. The van der Waals surface area contributed by atoms with Crippen LogP contribution in [-0.4, -0.2) is 19.8 Å². The maximum atomic E-state index is 6.02. The van der Waals surface area contributed by atoms with E-state index in [1.54, 1.807) is 7.11 Å². The molecule has 4 saturated carbocycles. The van der Waals surface area contributed by atoms with Gasteiger partial charge in [-0.2, -0.15) is 0 Å².